The van der Waals surface area contributed by atoms with E-state index in [-0.39, 0.29) is 6.61 Å². The SMILES string of the molecule is CC(=O)N[C@H]1[C@H](O[C@H]2[C@H](O)[C@H](O)[C@@H](O[C@H]3[C@H](O)[C@@H](O)[C@H](OC[C@@H](CO)NC=O)O[C@@H]3CO)O[C@@H]2CO)O[C@H](CO)[C@@H](O)[C@@H]1O. The van der Waals surface area contributed by atoms with E-state index in [1.165, 1.54) is 0 Å². The molecule has 3 fully saturated rings. The molecule has 3 rings (SSSR count). The molecule has 256 valence electrons. The van der Waals surface area contributed by atoms with Crippen LogP contribution in [0.2, 0.25) is 0 Å². The molecule has 3 heterocycles. The first-order valence-corrected chi connectivity index (χ1v) is 13.8. The summed E-state index contributed by atoms with van der Waals surface area (Å²) in [5.74, 6) is -0.652. The van der Waals surface area contributed by atoms with Gasteiger partial charge < -0.3 is 90.1 Å². The van der Waals surface area contributed by atoms with Crippen molar-refractivity contribution in [2.24, 2.45) is 0 Å². The number of aliphatic hydroxyl groups excluding tert-OH is 10. The van der Waals surface area contributed by atoms with Crippen LogP contribution in [0.15, 0.2) is 0 Å². The zero-order chi connectivity index (χ0) is 32.7. The Bertz CT molecular complexity index is 901. The van der Waals surface area contributed by atoms with Gasteiger partial charge in [0.1, 0.15) is 73.2 Å². The Morgan fingerprint density at radius 2 is 1.23 bits per heavy atom. The van der Waals surface area contributed by atoms with Gasteiger partial charge in [-0.15, -0.1) is 0 Å². The smallest absolute Gasteiger partial charge is 0.217 e. The molecule has 0 aliphatic carbocycles. The second-order valence-corrected chi connectivity index (χ2v) is 10.5. The van der Waals surface area contributed by atoms with Crippen molar-refractivity contribution in [1.82, 2.24) is 10.6 Å². The van der Waals surface area contributed by atoms with Gasteiger partial charge in [0.15, 0.2) is 18.9 Å². The Balaban J connectivity index is 1.71. The Morgan fingerprint density at radius 1 is 0.727 bits per heavy atom. The van der Waals surface area contributed by atoms with E-state index in [1.807, 2.05) is 0 Å². The summed E-state index contributed by atoms with van der Waals surface area (Å²) in [6, 6.07) is -2.28. The van der Waals surface area contributed by atoms with Gasteiger partial charge in [0, 0.05) is 6.92 Å². The Morgan fingerprint density at radius 3 is 1.73 bits per heavy atom. The highest BCUT2D eigenvalue weighted by molar-refractivity contribution is 5.73. The van der Waals surface area contributed by atoms with Crippen molar-refractivity contribution >= 4 is 12.3 Å². The number of ether oxygens (including phenoxy) is 6. The van der Waals surface area contributed by atoms with Crippen molar-refractivity contribution in [3.8, 4) is 0 Å². The molecule has 0 aromatic heterocycles. The molecule has 2 amide bonds. The third-order valence-electron chi connectivity index (χ3n) is 7.46. The van der Waals surface area contributed by atoms with Gasteiger partial charge in [0.2, 0.25) is 12.3 Å². The minimum absolute atomic E-state index is 0.319. The molecule has 3 aliphatic heterocycles. The van der Waals surface area contributed by atoms with Gasteiger partial charge in [0.05, 0.1) is 39.1 Å². The molecule has 20 nitrogen and oxygen atoms in total. The molecule has 0 saturated carbocycles. The number of hydrogen-bond acceptors (Lipinski definition) is 18. The molecule has 16 atom stereocenters. The predicted molar refractivity (Wildman–Crippen MR) is 137 cm³/mol. The number of amides is 2. The molecular weight excluding hydrogens is 604 g/mol. The van der Waals surface area contributed by atoms with Crippen LogP contribution in [0.3, 0.4) is 0 Å². The summed E-state index contributed by atoms with van der Waals surface area (Å²) in [5, 5.41) is 107. The molecule has 0 aromatic carbocycles. The van der Waals surface area contributed by atoms with Crippen molar-refractivity contribution in [3.63, 3.8) is 0 Å². The van der Waals surface area contributed by atoms with Crippen molar-refractivity contribution in [2.75, 3.05) is 33.0 Å². The second-order valence-electron chi connectivity index (χ2n) is 10.5. The summed E-state index contributed by atoms with van der Waals surface area (Å²) in [6.07, 6.45) is -22.9. The van der Waals surface area contributed by atoms with E-state index in [2.05, 4.69) is 10.6 Å². The lowest BCUT2D eigenvalue weighted by Crippen LogP contribution is -2.68. The summed E-state index contributed by atoms with van der Waals surface area (Å²) in [4.78, 5) is 22.3. The second kappa shape index (κ2) is 16.7. The van der Waals surface area contributed by atoms with E-state index in [9.17, 15) is 60.7 Å². The van der Waals surface area contributed by atoms with Gasteiger partial charge >= 0.3 is 0 Å². The van der Waals surface area contributed by atoms with Crippen molar-refractivity contribution in [1.29, 1.82) is 0 Å². The van der Waals surface area contributed by atoms with Crippen LogP contribution in [-0.2, 0) is 38.0 Å². The maximum absolute atomic E-state index is 11.7. The average molecular weight is 647 g/mol. The number of aliphatic hydroxyl groups is 10. The highest BCUT2D eigenvalue weighted by Crippen LogP contribution is 2.32. The van der Waals surface area contributed by atoms with Crippen molar-refractivity contribution in [3.05, 3.63) is 0 Å². The highest BCUT2D eigenvalue weighted by atomic mass is 16.8. The average Bonchev–Trinajstić information content (AvgIpc) is 3.00. The van der Waals surface area contributed by atoms with Crippen LogP contribution in [0.4, 0.5) is 0 Å². The van der Waals surface area contributed by atoms with E-state index in [0.29, 0.717) is 6.41 Å². The number of hydrogen-bond donors (Lipinski definition) is 12. The van der Waals surface area contributed by atoms with Crippen LogP contribution >= 0.6 is 0 Å². The van der Waals surface area contributed by atoms with Crippen LogP contribution < -0.4 is 10.6 Å². The first-order chi connectivity index (χ1) is 20.9. The van der Waals surface area contributed by atoms with Gasteiger partial charge in [-0.2, -0.15) is 0 Å². The fourth-order valence-corrected chi connectivity index (χ4v) is 5.05. The van der Waals surface area contributed by atoms with E-state index < -0.39 is 130 Å². The molecule has 0 spiro atoms. The van der Waals surface area contributed by atoms with E-state index in [1.54, 1.807) is 0 Å². The first kappa shape index (κ1) is 36.8. The van der Waals surface area contributed by atoms with Gasteiger partial charge in [-0.05, 0) is 0 Å². The molecule has 44 heavy (non-hydrogen) atoms. The molecule has 0 unspecified atom stereocenters. The molecule has 3 saturated heterocycles. The van der Waals surface area contributed by atoms with Crippen LogP contribution in [0, 0.1) is 0 Å². The molecule has 0 radical (unpaired) electrons. The van der Waals surface area contributed by atoms with Crippen molar-refractivity contribution in [2.45, 2.75) is 105 Å². The Labute approximate surface area is 250 Å². The maximum atomic E-state index is 11.7. The molecule has 0 aromatic rings. The quantitative estimate of drug-likeness (QED) is 0.0779. The summed E-state index contributed by atoms with van der Waals surface area (Å²) >= 11 is 0. The highest BCUT2D eigenvalue weighted by Gasteiger charge is 2.53. The lowest BCUT2D eigenvalue weighted by molar-refractivity contribution is -0.374. The number of rotatable bonds is 14. The summed E-state index contributed by atoms with van der Waals surface area (Å²) in [7, 11) is 0. The van der Waals surface area contributed by atoms with Gasteiger partial charge in [-0.3, -0.25) is 9.59 Å². The van der Waals surface area contributed by atoms with E-state index >= 15 is 0 Å². The standard InChI is InChI=1S/C24H42N2O18/c1-8(32)26-13-15(34)14(33)10(3-28)40-22(13)43-20-12(5-30)42-24(19(38)17(20)36)44-21-11(4-29)41-23(18(37)16(21)35)39-6-9(2-27)25-7-31/h7,9-24,27-30,33-38H,2-6H2,1H3,(H,25,31)(H,26,32)/t9-,10-,11-,12-,13-,14-,15-,16-,17-,18-,19+,20-,21-,22+,23-,24-/m1/s1. The topological polar surface area (TPSA) is 316 Å². The summed E-state index contributed by atoms with van der Waals surface area (Å²) in [6.45, 7) is -2.15. The molecule has 20 heteroatoms. The molecule has 12 N–H and O–H groups in total. The van der Waals surface area contributed by atoms with Crippen LogP contribution in [0.1, 0.15) is 6.92 Å². The van der Waals surface area contributed by atoms with Crippen LogP contribution in [0.25, 0.3) is 0 Å². The van der Waals surface area contributed by atoms with Crippen LogP contribution in [-0.4, -0.2) is 195 Å². The minimum atomic E-state index is -1.97. The first-order valence-electron chi connectivity index (χ1n) is 13.8. The van der Waals surface area contributed by atoms with Gasteiger partial charge in [-0.1, -0.05) is 0 Å². The largest absolute Gasteiger partial charge is 0.394 e. The van der Waals surface area contributed by atoms with E-state index in [4.69, 9.17) is 28.4 Å². The minimum Gasteiger partial charge on any atom is -0.394 e. The zero-order valence-electron chi connectivity index (χ0n) is 23.6. The molecule has 0 bridgehead atoms. The monoisotopic (exact) mass is 646 g/mol. The fourth-order valence-electron chi connectivity index (χ4n) is 5.05. The fraction of sp³-hybridized carbons (Fsp3) is 0.917. The van der Waals surface area contributed by atoms with E-state index in [0.717, 1.165) is 6.92 Å². The molecular formula is C24H42N2O18. The van der Waals surface area contributed by atoms with Gasteiger partial charge in [0.25, 0.3) is 0 Å². The predicted octanol–water partition coefficient (Wildman–Crippen LogP) is -8.30. The third-order valence-corrected chi connectivity index (χ3v) is 7.46. The van der Waals surface area contributed by atoms with Crippen LogP contribution in [0.5, 0.6) is 0 Å². The number of carbonyl (C=O) groups is 2. The molecule has 3 aliphatic rings. The maximum Gasteiger partial charge on any atom is 0.217 e. The number of carbonyl (C=O) groups excluding carboxylic acids is 2. The lowest BCUT2D eigenvalue weighted by Gasteiger charge is -2.48. The Hall–Kier alpha value is -1.70. The van der Waals surface area contributed by atoms with Crippen molar-refractivity contribution < 1.29 is 89.1 Å². The Kier molecular flexibility index (Phi) is 14.0. The third kappa shape index (κ3) is 8.36. The van der Waals surface area contributed by atoms with Gasteiger partial charge in [-0.25, -0.2) is 0 Å². The normalized spacial score (nSPS) is 43.7. The lowest BCUT2D eigenvalue weighted by atomic mass is 9.95. The number of nitrogens with one attached hydrogen (secondary N) is 2. The zero-order valence-corrected chi connectivity index (χ0v) is 23.6. The summed E-state index contributed by atoms with van der Waals surface area (Å²) < 4.78 is 33.1. The summed E-state index contributed by atoms with van der Waals surface area (Å²) in [5.41, 5.74) is 0.